The summed E-state index contributed by atoms with van der Waals surface area (Å²) in [6.07, 6.45) is 3.12. The molecule has 2 heteroatoms. The van der Waals surface area contributed by atoms with E-state index in [0.717, 1.165) is 30.8 Å². The Bertz CT molecular complexity index is 772. The first-order chi connectivity index (χ1) is 14.7. The fraction of sp³-hybridized carbons (Fsp3) is 0.586. The fourth-order valence-electron chi connectivity index (χ4n) is 3.73. The summed E-state index contributed by atoms with van der Waals surface area (Å²) in [5.74, 6) is 2.23. The number of para-hydroxylation sites is 2. The molecule has 0 aliphatic carbocycles. The highest BCUT2D eigenvalue weighted by molar-refractivity contribution is 5.46. The molecule has 0 N–H and O–H groups in total. The van der Waals surface area contributed by atoms with Crippen LogP contribution in [-0.4, -0.2) is 11.2 Å². The lowest BCUT2D eigenvalue weighted by Crippen LogP contribution is -2.24. The maximum absolute atomic E-state index is 5.92. The van der Waals surface area contributed by atoms with Gasteiger partial charge in [-0.1, -0.05) is 84.9 Å². The molecule has 2 aliphatic rings. The molecule has 2 nitrogen and oxygen atoms in total. The van der Waals surface area contributed by atoms with Crippen LogP contribution in [0.4, 0.5) is 0 Å². The van der Waals surface area contributed by atoms with Gasteiger partial charge in [0, 0.05) is 12.8 Å². The average molecular weight is 429 g/mol. The lowest BCUT2D eigenvalue weighted by molar-refractivity contribution is 0.137. The molecular weight excluding hydrogens is 380 g/mol. The van der Waals surface area contributed by atoms with Gasteiger partial charge >= 0.3 is 0 Å². The fourth-order valence-corrected chi connectivity index (χ4v) is 3.73. The summed E-state index contributed by atoms with van der Waals surface area (Å²) in [5, 5.41) is 0. The largest absolute Gasteiger partial charge is 0.487 e. The highest BCUT2D eigenvalue weighted by atomic mass is 16.5. The predicted molar refractivity (Wildman–Crippen MR) is 138 cm³/mol. The first kappa shape index (κ1) is 29.0. The zero-order valence-corrected chi connectivity index (χ0v) is 22.4. The summed E-state index contributed by atoms with van der Waals surface area (Å²) >= 11 is 0. The van der Waals surface area contributed by atoms with Crippen LogP contribution in [-0.2, 0) is 19.3 Å². The van der Waals surface area contributed by atoms with Crippen molar-refractivity contribution >= 4 is 0 Å². The van der Waals surface area contributed by atoms with Crippen molar-refractivity contribution < 1.29 is 9.47 Å². The minimum atomic E-state index is -0.00634. The Balaban J connectivity index is 0.000000470. The monoisotopic (exact) mass is 428 g/mol. The molecule has 2 aliphatic heterocycles. The smallest absolute Gasteiger partial charge is 0.126 e. The SMILES string of the molecule is CC.CC.CC.CCc1cccc2c1OC(C)(C)C2.Cc1cccc2c1OC(C)(C)C2. The second-order valence-corrected chi connectivity index (χ2v) is 8.40. The molecule has 0 aromatic heterocycles. The molecule has 0 atom stereocenters. The summed E-state index contributed by atoms with van der Waals surface area (Å²) in [6, 6.07) is 12.8. The van der Waals surface area contributed by atoms with Crippen molar-refractivity contribution in [2.45, 2.75) is 114 Å². The summed E-state index contributed by atoms with van der Waals surface area (Å²) in [5.41, 5.74) is 5.28. The third kappa shape index (κ3) is 8.24. The number of fused-ring (bicyclic) bond motifs is 2. The minimum absolute atomic E-state index is 0.00551. The Kier molecular flexibility index (Phi) is 12.6. The van der Waals surface area contributed by atoms with Crippen molar-refractivity contribution in [3.63, 3.8) is 0 Å². The molecule has 0 amide bonds. The van der Waals surface area contributed by atoms with Crippen molar-refractivity contribution in [2.75, 3.05) is 0 Å². The molecular formula is C29H48O2. The van der Waals surface area contributed by atoms with Gasteiger partial charge in [-0.25, -0.2) is 0 Å². The molecule has 31 heavy (non-hydrogen) atoms. The topological polar surface area (TPSA) is 18.5 Å². The van der Waals surface area contributed by atoms with Crippen LogP contribution >= 0.6 is 0 Å². The molecule has 0 fully saturated rings. The molecule has 2 aromatic carbocycles. The first-order valence-electron chi connectivity index (χ1n) is 12.3. The van der Waals surface area contributed by atoms with Crippen LogP contribution in [0.15, 0.2) is 36.4 Å². The van der Waals surface area contributed by atoms with E-state index in [1.807, 2.05) is 41.5 Å². The van der Waals surface area contributed by atoms with Crippen molar-refractivity contribution in [1.82, 2.24) is 0 Å². The van der Waals surface area contributed by atoms with Crippen LogP contribution in [0.3, 0.4) is 0 Å². The van der Waals surface area contributed by atoms with E-state index in [2.05, 4.69) is 77.9 Å². The van der Waals surface area contributed by atoms with Crippen molar-refractivity contribution in [3.8, 4) is 11.5 Å². The Morgan fingerprint density at radius 1 is 0.677 bits per heavy atom. The summed E-state index contributed by atoms with van der Waals surface area (Å²) in [7, 11) is 0. The predicted octanol–water partition coefficient (Wildman–Crippen LogP) is 8.75. The normalized spacial score (nSPS) is 15.4. The van der Waals surface area contributed by atoms with Gasteiger partial charge in [0.2, 0.25) is 0 Å². The van der Waals surface area contributed by atoms with E-state index in [1.165, 1.54) is 22.3 Å². The molecule has 0 unspecified atom stereocenters. The average Bonchev–Trinajstić information content (AvgIpc) is 3.26. The van der Waals surface area contributed by atoms with Crippen molar-refractivity contribution in [2.24, 2.45) is 0 Å². The van der Waals surface area contributed by atoms with Crippen LogP contribution < -0.4 is 9.47 Å². The van der Waals surface area contributed by atoms with Gasteiger partial charge in [-0.2, -0.15) is 0 Å². The molecule has 0 radical (unpaired) electrons. The van der Waals surface area contributed by atoms with E-state index in [-0.39, 0.29) is 11.2 Å². The summed E-state index contributed by atoms with van der Waals surface area (Å²) in [6.45, 7) is 24.8. The maximum atomic E-state index is 5.92. The molecule has 2 aromatic rings. The van der Waals surface area contributed by atoms with Gasteiger partial charge in [0.1, 0.15) is 22.7 Å². The lowest BCUT2D eigenvalue weighted by atomic mass is 10.00. The molecule has 0 saturated carbocycles. The molecule has 2 heterocycles. The quantitative estimate of drug-likeness (QED) is 0.452. The summed E-state index contributed by atoms with van der Waals surface area (Å²) in [4.78, 5) is 0. The summed E-state index contributed by atoms with van der Waals surface area (Å²) < 4.78 is 11.7. The van der Waals surface area contributed by atoms with Crippen LogP contribution in [0, 0.1) is 6.92 Å². The minimum Gasteiger partial charge on any atom is -0.487 e. The van der Waals surface area contributed by atoms with Crippen LogP contribution in [0.1, 0.15) is 98.4 Å². The van der Waals surface area contributed by atoms with Crippen LogP contribution in [0.25, 0.3) is 0 Å². The second kappa shape index (κ2) is 13.5. The van der Waals surface area contributed by atoms with Crippen molar-refractivity contribution in [3.05, 3.63) is 58.7 Å². The van der Waals surface area contributed by atoms with Crippen LogP contribution in [0.5, 0.6) is 11.5 Å². The standard InChI is InChI=1S/C12H16O.C11H14O.3C2H6/c1-4-9-6-5-7-10-8-12(2,3)13-11(9)10;1-8-5-4-6-9-7-11(2,3)12-10(8)9;3*1-2/h5-7H,4,8H2,1-3H3;4-6H,7H2,1-3H3;3*1-2H3. The number of rotatable bonds is 1. The Hall–Kier alpha value is -1.96. The van der Waals surface area contributed by atoms with Gasteiger partial charge < -0.3 is 9.47 Å². The maximum Gasteiger partial charge on any atom is 0.126 e. The van der Waals surface area contributed by atoms with Gasteiger partial charge in [-0.15, -0.1) is 0 Å². The van der Waals surface area contributed by atoms with E-state index in [0.29, 0.717) is 0 Å². The Morgan fingerprint density at radius 2 is 1.10 bits per heavy atom. The number of hydrogen-bond acceptors (Lipinski definition) is 2. The van der Waals surface area contributed by atoms with Crippen LogP contribution in [0.2, 0.25) is 0 Å². The van der Waals surface area contributed by atoms with Gasteiger partial charge in [0.25, 0.3) is 0 Å². The molecule has 0 spiro atoms. The number of ether oxygens (including phenoxy) is 2. The van der Waals surface area contributed by atoms with E-state index in [9.17, 15) is 0 Å². The number of hydrogen-bond donors (Lipinski definition) is 0. The third-order valence-electron chi connectivity index (χ3n) is 4.84. The Labute approximate surface area is 193 Å². The highest BCUT2D eigenvalue weighted by Gasteiger charge is 2.31. The number of benzene rings is 2. The van der Waals surface area contributed by atoms with Crippen molar-refractivity contribution in [1.29, 1.82) is 0 Å². The van der Waals surface area contributed by atoms with E-state index in [4.69, 9.17) is 9.47 Å². The first-order valence-corrected chi connectivity index (χ1v) is 12.3. The highest BCUT2D eigenvalue weighted by Crippen LogP contribution is 2.38. The van der Waals surface area contributed by atoms with Gasteiger partial charge in [0.05, 0.1) is 0 Å². The number of aryl methyl sites for hydroxylation is 2. The van der Waals surface area contributed by atoms with Gasteiger partial charge in [-0.3, -0.25) is 0 Å². The second-order valence-electron chi connectivity index (χ2n) is 8.40. The van der Waals surface area contributed by atoms with E-state index < -0.39 is 0 Å². The Morgan fingerprint density at radius 3 is 1.55 bits per heavy atom. The third-order valence-corrected chi connectivity index (χ3v) is 4.84. The zero-order valence-electron chi connectivity index (χ0n) is 22.4. The van der Waals surface area contributed by atoms with E-state index in [1.54, 1.807) is 0 Å². The van der Waals surface area contributed by atoms with E-state index >= 15 is 0 Å². The molecule has 176 valence electrons. The zero-order chi connectivity index (χ0) is 24.2. The van der Waals surface area contributed by atoms with Gasteiger partial charge in [0.15, 0.2) is 0 Å². The lowest BCUT2D eigenvalue weighted by Gasteiger charge is -2.17. The molecule has 4 rings (SSSR count). The molecule has 0 bridgehead atoms. The van der Waals surface area contributed by atoms with Gasteiger partial charge in [-0.05, 0) is 63.3 Å². The molecule has 0 saturated heterocycles.